The average Bonchev–Trinajstić information content (AvgIpc) is 3.40. The fraction of sp³-hybridized carbons (Fsp3) is 0.370. The summed E-state index contributed by atoms with van der Waals surface area (Å²) in [6.45, 7) is 5.80. The number of unbranched alkanes of at least 4 members (excludes halogenated alkanes) is 4. The smallest absolute Gasteiger partial charge is 0.291 e. The van der Waals surface area contributed by atoms with E-state index in [0.29, 0.717) is 15.3 Å². The second-order valence-electron chi connectivity index (χ2n) is 8.25. The summed E-state index contributed by atoms with van der Waals surface area (Å²) in [5, 5.41) is 4.45. The zero-order chi connectivity index (χ0) is 23.8. The Morgan fingerprint density at radius 2 is 1.44 bits per heavy atom. The van der Waals surface area contributed by atoms with Crippen molar-refractivity contribution in [2.75, 3.05) is 13.2 Å². The van der Waals surface area contributed by atoms with Crippen molar-refractivity contribution in [3.63, 3.8) is 0 Å². The van der Waals surface area contributed by atoms with Crippen LogP contribution >= 0.6 is 11.3 Å². The van der Waals surface area contributed by atoms with E-state index >= 15 is 0 Å². The maximum absolute atomic E-state index is 12.9. The van der Waals surface area contributed by atoms with E-state index in [1.807, 2.05) is 54.6 Å². The Labute approximate surface area is 203 Å². The van der Waals surface area contributed by atoms with Gasteiger partial charge in [-0.3, -0.25) is 4.79 Å². The van der Waals surface area contributed by atoms with Gasteiger partial charge in [0.25, 0.3) is 5.56 Å². The molecule has 0 amide bonds. The molecule has 0 spiro atoms. The normalized spacial score (nSPS) is 11.9. The molecule has 0 radical (unpaired) electrons. The summed E-state index contributed by atoms with van der Waals surface area (Å²) in [6.07, 6.45) is 8.68. The zero-order valence-corrected chi connectivity index (χ0v) is 20.6. The number of fused-ring (bicyclic) bond motifs is 1. The lowest BCUT2D eigenvalue weighted by atomic mass is 10.2. The molecule has 2 aromatic carbocycles. The van der Waals surface area contributed by atoms with Crippen LogP contribution in [0.2, 0.25) is 0 Å². The molecule has 0 aliphatic rings. The Morgan fingerprint density at radius 3 is 2.00 bits per heavy atom. The molecule has 0 saturated carbocycles. The van der Waals surface area contributed by atoms with E-state index < -0.39 is 0 Å². The molecule has 4 aromatic rings. The summed E-state index contributed by atoms with van der Waals surface area (Å²) in [4.78, 5) is 18.0. The van der Waals surface area contributed by atoms with E-state index in [4.69, 9.17) is 9.47 Å². The van der Waals surface area contributed by atoms with Crippen molar-refractivity contribution in [3.8, 4) is 22.9 Å². The summed E-state index contributed by atoms with van der Waals surface area (Å²) in [5.41, 5.74) is 1.64. The molecule has 0 bridgehead atoms. The zero-order valence-electron chi connectivity index (χ0n) is 19.8. The number of benzene rings is 2. The fourth-order valence-corrected chi connectivity index (χ4v) is 4.46. The monoisotopic (exact) mass is 477 g/mol. The van der Waals surface area contributed by atoms with Crippen LogP contribution in [-0.2, 0) is 0 Å². The molecule has 178 valence electrons. The van der Waals surface area contributed by atoms with Gasteiger partial charge in [-0.05, 0) is 60.9 Å². The molecular formula is C27H31N3O3S. The van der Waals surface area contributed by atoms with Crippen LogP contribution in [0.1, 0.15) is 57.9 Å². The van der Waals surface area contributed by atoms with Crippen LogP contribution in [0.25, 0.3) is 22.4 Å². The molecule has 0 aliphatic carbocycles. The number of hydrogen-bond donors (Lipinski definition) is 0. The first-order valence-corrected chi connectivity index (χ1v) is 12.9. The quantitative estimate of drug-likeness (QED) is 0.252. The number of rotatable bonds is 12. The number of nitrogens with zero attached hydrogens (tertiary/aromatic N) is 3. The first-order chi connectivity index (χ1) is 16.7. The number of hydrogen-bond acceptors (Lipinski definition) is 6. The molecule has 0 N–H and O–H groups in total. The van der Waals surface area contributed by atoms with Gasteiger partial charge in [0.05, 0.1) is 17.7 Å². The molecular weight excluding hydrogens is 446 g/mol. The number of thiazole rings is 1. The number of ether oxygens (including phenoxy) is 2. The Morgan fingerprint density at radius 1 is 0.853 bits per heavy atom. The van der Waals surface area contributed by atoms with Crippen LogP contribution in [0.4, 0.5) is 0 Å². The van der Waals surface area contributed by atoms with E-state index in [2.05, 4.69) is 23.9 Å². The third kappa shape index (κ3) is 6.03. The maximum Gasteiger partial charge on any atom is 0.291 e. The van der Waals surface area contributed by atoms with Crippen molar-refractivity contribution in [2.45, 2.75) is 52.4 Å². The van der Waals surface area contributed by atoms with Gasteiger partial charge in [0.15, 0.2) is 5.82 Å². The highest BCUT2D eigenvalue weighted by Gasteiger charge is 2.12. The largest absolute Gasteiger partial charge is 0.494 e. The summed E-state index contributed by atoms with van der Waals surface area (Å²) >= 11 is 1.34. The molecule has 0 fully saturated rings. The molecule has 7 heteroatoms. The Hall–Kier alpha value is -3.19. The molecule has 2 heterocycles. The molecule has 0 aliphatic heterocycles. The van der Waals surface area contributed by atoms with Gasteiger partial charge in [0.1, 0.15) is 11.5 Å². The minimum atomic E-state index is -0.158. The second-order valence-corrected chi connectivity index (χ2v) is 9.26. The highest BCUT2D eigenvalue weighted by atomic mass is 32.1. The predicted octanol–water partition coefficient (Wildman–Crippen LogP) is 5.50. The van der Waals surface area contributed by atoms with E-state index in [0.717, 1.165) is 48.7 Å². The lowest BCUT2D eigenvalue weighted by molar-refractivity contribution is 0.306. The van der Waals surface area contributed by atoms with Crippen molar-refractivity contribution in [1.29, 1.82) is 0 Å². The maximum atomic E-state index is 12.9. The number of aromatic nitrogens is 3. The van der Waals surface area contributed by atoms with Crippen LogP contribution < -0.4 is 19.6 Å². The van der Waals surface area contributed by atoms with Crippen molar-refractivity contribution in [3.05, 3.63) is 69.0 Å². The summed E-state index contributed by atoms with van der Waals surface area (Å²) in [6, 6.07) is 15.5. The van der Waals surface area contributed by atoms with Crippen LogP contribution in [0.15, 0.2) is 53.3 Å². The molecule has 6 nitrogen and oxygen atoms in total. The lowest BCUT2D eigenvalue weighted by Crippen LogP contribution is -2.23. The molecule has 0 saturated heterocycles. The van der Waals surface area contributed by atoms with Gasteiger partial charge >= 0.3 is 0 Å². The van der Waals surface area contributed by atoms with Crippen molar-refractivity contribution >= 4 is 22.4 Å². The Balaban J connectivity index is 1.45. The molecule has 4 rings (SSSR count). The van der Waals surface area contributed by atoms with E-state index in [-0.39, 0.29) is 5.56 Å². The lowest BCUT2D eigenvalue weighted by Gasteiger charge is -2.05. The molecule has 0 atom stereocenters. The first-order valence-electron chi connectivity index (χ1n) is 12.1. The second kappa shape index (κ2) is 11.8. The average molecular weight is 478 g/mol. The minimum Gasteiger partial charge on any atom is -0.494 e. The molecule has 34 heavy (non-hydrogen) atoms. The van der Waals surface area contributed by atoms with Gasteiger partial charge in [0, 0.05) is 5.56 Å². The van der Waals surface area contributed by atoms with Gasteiger partial charge in [-0.15, -0.1) is 5.10 Å². The van der Waals surface area contributed by atoms with E-state index in [1.165, 1.54) is 41.5 Å². The fourth-order valence-electron chi connectivity index (χ4n) is 3.55. The Bertz CT molecular complexity index is 1290. The van der Waals surface area contributed by atoms with E-state index in [9.17, 15) is 4.79 Å². The molecule has 0 unspecified atom stereocenters. The van der Waals surface area contributed by atoms with Gasteiger partial charge in [0.2, 0.25) is 4.96 Å². The molecule has 2 aromatic heterocycles. The SMILES string of the molecule is CCCCCOc1ccc(/C=c2/sc3nc(-c4ccc(OCCCCC)cc4)nn3c2=O)cc1. The summed E-state index contributed by atoms with van der Waals surface area (Å²) in [5.74, 6) is 2.22. The predicted molar refractivity (Wildman–Crippen MR) is 138 cm³/mol. The van der Waals surface area contributed by atoms with Crippen molar-refractivity contribution in [2.24, 2.45) is 0 Å². The van der Waals surface area contributed by atoms with Gasteiger partial charge in [-0.25, -0.2) is 0 Å². The first kappa shape index (κ1) is 24.0. The van der Waals surface area contributed by atoms with Crippen LogP contribution in [0, 0.1) is 0 Å². The highest BCUT2D eigenvalue weighted by Crippen LogP contribution is 2.21. The third-order valence-electron chi connectivity index (χ3n) is 5.51. The minimum absolute atomic E-state index is 0.158. The van der Waals surface area contributed by atoms with Gasteiger partial charge < -0.3 is 9.47 Å². The van der Waals surface area contributed by atoms with Crippen LogP contribution in [0.3, 0.4) is 0 Å². The summed E-state index contributed by atoms with van der Waals surface area (Å²) in [7, 11) is 0. The topological polar surface area (TPSA) is 65.7 Å². The highest BCUT2D eigenvalue weighted by molar-refractivity contribution is 7.15. The summed E-state index contributed by atoms with van der Waals surface area (Å²) < 4.78 is 13.5. The van der Waals surface area contributed by atoms with Gasteiger partial charge in [-0.1, -0.05) is 63.0 Å². The van der Waals surface area contributed by atoms with Crippen LogP contribution in [0.5, 0.6) is 11.5 Å². The Kier molecular flexibility index (Phi) is 8.31. The van der Waals surface area contributed by atoms with Crippen LogP contribution in [-0.4, -0.2) is 27.8 Å². The third-order valence-corrected chi connectivity index (χ3v) is 6.46. The van der Waals surface area contributed by atoms with Crippen molar-refractivity contribution < 1.29 is 9.47 Å². The van der Waals surface area contributed by atoms with Crippen molar-refractivity contribution in [1.82, 2.24) is 14.6 Å². The van der Waals surface area contributed by atoms with Gasteiger partial charge in [-0.2, -0.15) is 9.50 Å². The standard InChI is InChI=1S/C27H31N3O3S/c1-3-5-7-17-32-22-13-9-20(10-14-22)19-24-26(31)30-27(34-24)28-25(29-30)21-11-15-23(16-12-21)33-18-8-6-4-2/h9-16,19H,3-8,17-18H2,1-2H3/b24-19+. The van der Waals surface area contributed by atoms with E-state index in [1.54, 1.807) is 0 Å².